The molecule has 108 valence electrons. The Balaban J connectivity index is 2.36. The fourth-order valence-electron chi connectivity index (χ4n) is 1.52. The molecule has 1 N–H and O–H groups in total. The Hall–Kier alpha value is -1.56. The van der Waals surface area contributed by atoms with E-state index < -0.39 is 0 Å². The Morgan fingerprint density at radius 3 is 2.35 bits per heavy atom. The lowest BCUT2D eigenvalue weighted by Gasteiger charge is -2.17. The number of hydrogen-bond acceptors (Lipinski definition) is 6. The van der Waals surface area contributed by atoms with Crippen LogP contribution in [0.5, 0.6) is 0 Å². The molecule has 2 aromatic rings. The summed E-state index contributed by atoms with van der Waals surface area (Å²) in [5.41, 5.74) is 0.802. The third kappa shape index (κ3) is 3.30. The zero-order valence-corrected chi connectivity index (χ0v) is 13.6. The van der Waals surface area contributed by atoms with Crippen LogP contribution in [-0.4, -0.2) is 22.0 Å². The molecule has 0 aromatic carbocycles. The van der Waals surface area contributed by atoms with Gasteiger partial charge >= 0.3 is 0 Å². The summed E-state index contributed by atoms with van der Waals surface area (Å²) < 4.78 is 5.59. The van der Waals surface area contributed by atoms with Crippen molar-refractivity contribution in [1.82, 2.24) is 15.0 Å². The molecule has 6 heteroatoms. The quantitative estimate of drug-likeness (QED) is 0.872. The van der Waals surface area contributed by atoms with Crippen LogP contribution < -0.4 is 5.32 Å². The largest absolute Gasteiger partial charge is 0.436 e. The average molecular weight is 292 g/mol. The van der Waals surface area contributed by atoms with Gasteiger partial charge in [0.2, 0.25) is 0 Å². The smallest absolute Gasteiger partial charge is 0.262 e. The monoisotopic (exact) mass is 292 g/mol. The molecule has 0 amide bonds. The predicted molar refractivity (Wildman–Crippen MR) is 80.4 cm³/mol. The second-order valence-electron chi connectivity index (χ2n) is 5.64. The molecule has 0 saturated heterocycles. The van der Waals surface area contributed by atoms with Crippen molar-refractivity contribution in [1.29, 1.82) is 0 Å². The van der Waals surface area contributed by atoms with Crippen LogP contribution in [0.1, 0.15) is 38.0 Å². The van der Waals surface area contributed by atoms with Gasteiger partial charge in [0.05, 0.1) is 5.69 Å². The summed E-state index contributed by atoms with van der Waals surface area (Å²) >= 11 is 1.41. The van der Waals surface area contributed by atoms with Crippen molar-refractivity contribution in [3.63, 3.8) is 0 Å². The summed E-state index contributed by atoms with van der Waals surface area (Å²) in [4.78, 5) is 13.5. The summed E-state index contributed by atoms with van der Waals surface area (Å²) in [6, 6.07) is 1.90. The van der Waals surface area contributed by atoms with Crippen LogP contribution in [0.25, 0.3) is 0 Å². The Morgan fingerprint density at radius 1 is 1.15 bits per heavy atom. The maximum absolute atomic E-state index is 5.59. The van der Waals surface area contributed by atoms with Gasteiger partial charge < -0.3 is 9.73 Å². The first kappa shape index (κ1) is 14.8. The fraction of sp³-hybridized carbons (Fsp3) is 0.500. The van der Waals surface area contributed by atoms with Gasteiger partial charge in [-0.2, -0.15) is 0 Å². The minimum Gasteiger partial charge on any atom is -0.436 e. The van der Waals surface area contributed by atoms with Gasteiger partial charge in [-0.1, -0.05) is 20.8 Å². The average Bonchev–Trinajstić information content (AvgIpc) is 2.66. The minimum atomic E-state index is -0.107. The molecular formula is C14H20N4OS. The van der Waals surface area contributed by atoms with Gasteiger partial charge in [0.25, 0.3) is 5.22 Å². The zero-order chi connectivity index (χ0) is 14.9. The molecule has 2 aromatic heterocycles. The predicted octanol–water partition coefficient (Wildman–Crippen LogP) is 3.57. The number of hydrogen-bond donors (Lipinski definition) is 1. The van der Waals surface area contributed by atoms with Crippen molar-refractivity contribution in [2.75, 3.05) is 12.4 Å². The maximum atomic E-state index is 5.59. The molecule has 0 spiro atoms. The van der Waals surface area contributed by atoms with Gasteiger partial charge in [-0.15, -0.1) is 0 Å². The Kier molecular flexibility index (Phi) is 4.04. The summed E-state index contributed by atoms with van der Waals surface area (Å²) in [5, 5.41) is 4.51. The molecule has 0 atom stereocenters. The molecule has 20 heavy (non-hydrogen) atoms. The van der Waals surface area contributed by atoms with E-state index >= 15 is 0 Å². The summed E-state index contributed by atoms with van der Waals surface area (Å²) in [7, 11) is 1.85. The van der Waals surface area contributed by atoms with Crippen molar-refractivity contribution in [3.05, 3.63) is 23.3 Å². The summed E-state index contributed by atoms with van der Waals surface area (Å²) in [5.74, 6) is 2.44. The molecule has 0 aliphatic rings. The molecule has 2 heterocycles. The lowest BCUT2D eigenvalue weighted by molar-refractivity contribution is 0.430. The number of anilines is 1. The minimum absolute atomic E-state index is 0.107. The molecular weight excluding hydrogens is 272 g/mol. The van der Waals surface area contributed by atoms with E-state index in [4.69, 9.17) is 4.42 Å². The molecule has 0 aliphatic heterocycles. The second-order valence-corrected chi connectivity index (χ2v) is 6.61. The zero-order valence-electron chi connectivity index (χ0n) is 12.7. The molecule has 0 radical (unpaired) electrons. The van der Waals surface area contributed by atoms with Gasteiger partial charge in [-0.3, -0.25) is 0 Å². The van der Waals surface area contributed by atoms with E-state index in [-0.39, 0.29) is 5.41 Å². The van der Waals surface area contributed by atoms with Gasteiger partial charge in [-0.05, 0) is 25.6 Å². The van der Waals surface area contributed by atoms with Gasteiger partial charge in [0.1, 0.15) is 22.4 Å². The third-order valence-corrected chi connectivity index (χ3v) is 3.60. The molecule has 2 rings (SSSR count). The standard InChI is InChI=1S/C14H20N4OS/c1-8-9(2)19-13(16-8)20-11-7-10(15-6)17-12(18-11)14(3,4)5/h7H,1-6H3,(H,15,17,18). The van der Waals surface area contributed by atoms with E-state index in [0.29, 0.717) is 5.22 Å². The van der Waals surface area contributed by atoms with Crippen molar-refractivity contribution in [2.45, 2.75) is 50.3 Å². The molecule has 0 saturated carbocycles. The van der Waals surface area contributed by atoms with Crippen molar-refractivity contribution in [3.8, 4) is 0 Å². The second kappa shape index (κ2) is 5.44. The van der Waals surface area contributed by atoms with E-state index in [9.17, 15) is 0 Å². The highest BCUT2D eigenvalue weighted by Crippen LogP contribution is 2.30. The Bertz CT molecular complexity index is 597. The fourth-order valence-corrected chi connectivity index (χ4v) is 2.35. The number of aryl methyl sites for hydroxylation is 2. The highest BCUT2D eigenvalue weighted by molar-refractivity contribution is 7.99. The number of oxazole rings is 1. The van der Waals surface area contributed by atoms with E-state index in [0.717, 1.165) is 28.1 Å². The molecule has 0 unspecified atom stereocenters. The van der Waals surface area contributed by atoms with Crippen molar-refractivity contribution < 1.29 is 4.42 Å². The van der Waals surface area contributed by atoms with E-state index in [2.05, 4.69) is 41.0 Å². The maximum Gasteiger partial charge on any atom is 0.262 e. The summed E-state index contributed by atoms with van der Waals surface area (Å²) in [6.45, 7) is 10.1. The van der Waals surface area contributed by atoms with E-state index in [1.54, 1.807) is 0 Å². The van der Waals surface area contributed by atoms with Gasteiger partial charge in [0.15, 0.2) is 0 Å². The Labute approximate surface area is 123 Å². The number of rotatable bonds is 3. The van der Waals surface area contributed by atoms with Crippen LogP contribution in [0, 0.1) is 13.8 Å². The normalized spacial score (nSPS) is 11.7. The molecule has 0 fully saturated rings. The van der Waals surface area contributed by atoms with E-state index in [1.165, 1.54) is 11.8 Å². The highest BCUT2D eigenvalue weighted by Gasteiger charge is 2.20. The van der Waals surface area contributed by atoms with Crippen molar-refractivity contribution >= 4 is 17.6 Å². The number of nitrogens with one attached hydrogen (secondary N) is 1. The van der Waals surface area contributed by atoms with Crippen LogP contribution in [-0.2, 0) is 5.41 Å². The highest BCUT2D eigenvalue weighted by atomic mass is 32.2. The molecule has 0 aliphatic carbocycles. The van der Waals surface area contributed by atoms with Crippen LogP contribution in [0.4, 0.5) is 5.82 Å². The van der Waals surface area contributed by atoms with Crippen molar-refractivity contribution in [2.24, 2.45) is 0 Å². The lowest BCUT2D eigenvalue weighted by Crippen LogP contribution is -2.17. The third-order valence-electron chi connectivity index (χ3n) is 2.83. The molecule has 5 nitrogen and oxygen atoms in total. The first-order valence-corrected chi connectivity index (χ1v) is 7.30. The van der Waals surface area contributed by atoms with Gasteiger partial charge in [0, 0.05) is 18.5 Å². The number of aromatic nitrogens is 3. The van der Waals surface area contributed by atoms with Gasteiger partial charge in [-0.25, -0.2) is 15.0 Å². The number of nitrogens with zero attached hydrogens (tertiary/aromatic N) is 3. The van der Waals surface area contributed by atoms with E-state index in [1.807, 2.05) is 27.0 Å². The van der Waals surface area contributed by atoms with Crippen LogP contribution in [0.2, 0.25) is 0 Å². The first-order chi connectivity index (χ1) is 9.29. The topological polar surface area (TPSA) is 63.8 Å². The lowest BCUT2D eigenvalue weighted by atomic mass is 9.96. The van der Waals surface area contributed by atoms with Crippen LogP contribution in [0.15, 0.2) is 20.7 Å². The SMILES string of the molecule is CNc1cc(Sc2nc(C)c(C)o2)nc(C(C)(C)C)n1. The van der Waals surface area contributed by atoms with Crippen LogP contribution >= 0.6 is 11.8 Å². The molecule has 0 bridgehead atoms. The first-order valence-electron chi connectivity index (χ1n) is 6.49. The Morgan fingerprint density at radius 2 is 1.85 bits per heavy atom. The summed E-state index contributed by atoms with van der Waals surface area (Å²) in [6.07, 6.45) is 0. The van der Waals surface area contributed by atoms with Crippen LogP contribution in [0.3, 0.4) is 0 Å².